The Morgan fingerprint density at radius 3 is 2.22 bits per heavy atom. The van der Waals surface area contributed by atoms with Crippen LogP contribution in [-0.2, 0) is 30.8 Å². The molecular formula is C37H43N3O6. The summed E-state index contributed by atoms with van der Waals surface area (Å²) in [6, 6.07) is 28.3. The number of carbonyl (C=O) groups excluding carboxylic acids is 2. The molecule has 9 nitrogen and oxygen atoms in total. The van der Waals surface area contributed by atoms with Crippen LogP contribution in [0, 0.1) is 0 Å². The fourth-order valence-electron chi connectivity index (χ4n) is 5.19. The number of aliphatic hydroxyl groups excluding tert-OH is 3. The second kappa shape index (κ2) is 16.7. The van der Waals surface area contributed by atoms with Crippen LogP contribution in [0.15, 0.2) is 97.1 Å². The highest BCUT2D eigenvalue weighted by Gasteiger charge is 2.19. The maximum Gasteiger partial charge on any atom is 0.251 e. The Kier molecular flexibility index (Phi) is 12.4. The van der Waals surface area contributed by atoms with E-state index in [4.69, 9.17) is 0 Å². The van der Waals surface area contributed by atoms with Gasteiger partial charge in [-0.25, -0.2) is 0 Å². The lowest BCUT2D eigenvalue weighted by Crippen LogP contribution is -2.37. The third-order valence-electron chi connectivity index (χ3n) is 7.90. The molecule has 4 aromatic carbocycles. The zero-order valence-corrected chi connectivity index (χ0v) is 26.2. The van der Waals surface area contributed by atoms with Gasteiger partial charge in [0, 0.05) is 30.3 Å². The fourth-order valence-corrected chi connectivity index (χ4v) is 5.19. The molecule has 2 amide bonds. The first-order valence-electron chi connectivity index (χ1n) is 15.4. The van der Waals surface area contributed by atoms with Gasteiger partial charge in [-0.2, -0.15) is 0 Å². The molecular weight excluding hydrogens is 582 g/mol. The molecule has 0 aromatic heterocycles. The van der Waals surface area contributed by atoms with Gasteiger partial charge >= 0.3 is 0 Å². The third kappa shape index (κ3) is 9.98. The van der Waals surface area contributed by atoms with Gasteiger partial charge in [0.15, 0.2) is 0 Å². The molecule has 0 saturated carbocycles. The Morgan fingerprint density at radius 1 is 0.783 bits per heavy atom. The average molecular weight is 626 g/mol. The number of hydrogen-bond acceptors (Lipinski definition) is 7. The van der Waals surface area contributed by atoms with E-state index in [-0.39, 0.29) is 36.6 Å². The lowest BCUT2D eigenvalue weighted by Gasteiger charge is -2.20. The molecule has 0 saturated heterocycles. The van der Waals surface area contributed by atoms with Gasteiger partial charge in [-0.15, -0.1) is 0 Å². The van der Waals surface area contributed by atoms with E-state index in [0.717, 1.165) is 22.3 Å². The molecule has 0 aliphatic rings. The molecule has 4 rings (SSSR count). The van der Waals surface area contributed by atoms with E-state index in [9.17, 15) is 30.0 Å². The predicted octanol–water partition coefficient (Wildman–Crippen LogP) is 3.85. The molecule has 0 radical (unpaired) electrons. The number of amides is 2. The van der Waals surface area contributed by atoms with E-state index in [1.54, 1.807) is 43.3 Å². The summed E-state index contributed by atoms with van der Waals surface area (Å²) in [7, 11) is 0. The minimum Gasteiger partial charge on any atom is -0.508 e. The summed E-state index contributed by atoms with van der Waals surface area (Å²) in [6.07, 6.45) is -0.688. The van der Waals surface area contributed by atoms with Crippen LogP contribution >= 0.6 is 0 Å². The second-order valence-corrected chi connectivity index (χ2v) is 11.7. The maximum absolute atomic E-state index is 12.7. The van der Waals surface area contributed by atoms with E-state index >= 15 is 0 Å². The summed E-state index contributed by atoms with van der Waals surface area (Å²) in [5.41, 5.74) is 4.99. The van der Waals surface area contributed by atoms with Crippen molar-refractivity contribution in [2.45, 2.75) is 64.1 Å². The van der Waals surface area contributed by atoms with Crippen LogP contribution in [0.1, 0.15) is 69.8 Å². The molecule has 46 heavy (non-hydrogen) atoms. The molecule has 0 fully saturated rings. The van der Waals surface area contributed by atoms with Crippen molar-refractivity contribution in [1.29, 1.82) is 0 Å². The Bertz CT molecular complexity index is 1580. The van der Waals surface area contributed by atoms with Crippen LogP contribution in [0.5, 0.6) is 5.75 Å². The molecule has 4 aromatic rings. The fraction of sp³-hybridized carbons (Fsp3) is 0.297. The van der Waals surface area contributed by atoms with Crippen molar-refractivity contribution in [3.8, 4) is 5.75 Å². The van der Waals surface area contributed by atoms with Gasteiger partial charge in [0.1, 0.15) is 5.75 Å². The zero-order chi connectivity index (χ0) is 33.1. The van der Waals surface area contributed by atoms with Crippen molar-refractivity contribution in [3.63, 3.8) is 0 Å². The van der Waals surface area contributed by atoms with Gasteiger partial charge in [-0.3, -0.25) is 9.59 Å². The Balaban J connectivity index is 1.20. The third-order valence-corrected chi connectivity index (χ3v) is 7.90. The van der Waals surface area contributed by atoms with Gasteiger partial charge in [0.2, 0.25) is 5.91 Å². The highest BCUT2D eigenvalue weighted by molar-refractivity contribution is 5.94. The number of benzene rings is 4. The molecule has 0 aliphatic heterocycles. The highest BCUT2D eigenvalue weighted by Crippen LogP contribution is 2.22. The summed E-state index contributed by atoms with van der Waals surface area (Å²) in [4.78, 5) is 25.4. The number of aromatic hydroxyl groups is 1. The molecule has 4 atom stereocenters. The first-order chi connectivity index (χ1) is 22.1. The topological polar surface area (TPSA) is 151 Å². The lowest BCUT2D eigenvalue weighted by atomic mass is 10.0. The summed E-state index contributed by atoms with van der Waals surface area (Å²) in [5, 5.41) is 49.3. The summed E-state index contributed by atoms with van der Waals surface area (Å²) >= 11 is 0. The Morgan fingerprint density at radius 2 is 1.50 bits per heavy atom. The van der Waals surface area contributed by atoms with Gasteiger partial charge < -0.3 is 36.4 Å². The predicted molar refractivity (Wildman–Crippen MR) is 177 cm³/mol. The first-order valence-corrected chi connectivity index (χ1v) is 15.4. The minimum atomic E-state index is -0.820. The van der Waals surface area contributed by atoms with Gasteiger partial charge in [-0.05, 0) is 72.4 Å². The minimum absolute atomic E-state index is 0.00349. The molecule has 9 heteroatoms. The van der Waals surface area contributed by atoms with Crippen molar-refractivity contribution >= 4 is 11.8 Å². The zero-order valence-electron chi connectivity index (χ0n) is 26.2. The molecule has 242 valence electrons. The second-order valence-electron chi connectivity index (χ2n) is 11.7. The number of hydrogen-bond donors (Lipinski definition) is 7. The normalized spacial score (nSPS) is 13.8. The summed E-state index contributed by atoms with van der Waals surface area (Å²) in [5.74, 6) is -0.406. The lowest BCUT2D eigenvalue weighted by molar-refractivity contribution is -0.120. The average Bonchev–Trinajstić information content (AvgIpc) is 3.06. The maximum atomic E-state index is 12.7. The highest BCUT2D eigenvalue weighted by atomic mass is 16.3. The number of rotatable bonds is 15. The number of phenols is 1. The van der Waals surface area contributed by atoms with Crippen molar-refractivity contribution in [2.75, 3.05) is 6.54 Å². The van der Waals surface area contributed by atoms with Crippen LogP contribution in [0.25, 0.3) is 0 Å². The first kappa shape index (κ1) is 34.3. The van der Waals surface area contributed by atoms with Gasteiger partial charge in [0.25, 0.3) is 5.91 Å². The van der Waals surface area contributed by atoms with Crippen LogP contribution in [0.2, 0.25) is 0 Å². The van der Waals surface area contributed by atoms with E-state index in [1.165, 1.54) is 6.07 Å². The van der Waals surface area contributed by atoms with Crippen LogP contribution in [0.4, 0.5) is 0 Å². The molecule has 0 aliphatic carbocycles. The molecule has 0 heterocycles. The van der Waals surface area contributed by atoms with Crippen LogP contribution in [0.3, 0.4) is 0 Å². The molecule has 1 unspecified atom stereocenters. The number of nitrogens with one attached hydrogen (secondary N) is 3. The molecule has 0 spiro atoms. The number of carbonyl (C=O) groups is 2. The van der Waals surface area contributed by atoms with E-state index in [2.05, 4.69) is 16.0 Å². The van der Waals surface area contributed by atoms with Gasteiger partial charge in [0.05, 0.1) is 31.3 Å². The SMILES string of the molecule is CC(Cc1cccc(CC(=O)NCc2ccc(C(=O)N[C@H](C)[C@@H](O)c3ccccc3)cc2)c1)NC[C@H](O)c1ccc(O)c(CO)c1. The van der Waals surface area contributed by atoms with Gasteiger partial charge in [-0.1, -0.05) is 72.8 Å². The monoisotopic (exact) mass is 625 g/mol. The Labute approximate surface area is 269 Å². The van der Waals surface area contributed by atoms with Crippen molar-refractivity contribution in [1.82, 2.24) is 16.0 Å². The van der Waals surface area contributed by atoms with Crippen molar-refractivity contribution in [2.24, 2.45) is 0 Å². The number of aliphatic hydroxyl groups is 3. The van der Waals surface area contributed by atoms with Crippen molar-refractivity contribution in [3.05, 3.63) is 136 Å². The van der Waals surface area contributed by atoms with E-state index in [0.29, 0.717) is 36.2 Å². The van der Waals surface area contributed by atoms with E-state index < -0.39 is 18.2 Å². The Hall–Kier alpha value is -4.54. The standard InChI is InChI=1S/C37H43N3O6/c1-24(38-22-34(43)31-15-16-33(42)32(20-31)23-41)17-27-7-6-8-28(18-27)19-35(44)39-21-26-11-13-30(14-12-26)37(46)40-25(2)36(45)29-9-4-3-5-10-29/h3-16,18,20,24-25,34,36,38,41-43,45H,17,19,21-23H2,1-2H3,(H,39,44)(H,40,46)/t24?,25-,34+,36-/m1/s1. The quantitative estimate of drug-likeness (QED) is 0.106. The smallest absolute Gasteiger partial charge is 0.251 e. The molecule has 0 bridgehead atoms. The van der Waals surface area contributed by atoms with Crippen molar-refractivity contribution < 1.29 is 30.0 Å². The van der Waals surface area contributed by atoms with E-state index in [1.807, 2.05) is 61.5 Å². The van der Waals surface area contributed by atoms with Crippen LogP contribution < -0.4 is 16.0 Å². The summed E-state index contributed by atoms with van der Waals surface area (Å²) in [6.45, 7) is 4.11. The van der Waals surface area contributed by atoms with Crippen LogP contribution in [-0.4, -0.2) is 50.9 Å². The summed E-state index contributed by atoms with van der Waals surface area (Å²) < 4.78 is 0. The molecule has 7 N–H and O–H groups in total. The largest absolute Gasteiger partial charge is 0.508 e.